The number of rotatable bonds is 3. The van der Waals surface area contributed by atoms with Crippen LogP contribution in [-0.4, -0.2) is 21.4 Å². The number of nitrogens with one attached hydrogen (secondary N) is 2. The Hall–Kier alpha value is -1.88. The zero-order valence-electron chi connectivity index (χ0n) is 12.4. The highest BCUT2D eigenvalue weighted by atomic mass is 16.2. The van der Waals surface area contributed by atoms with E-state index in [0.717, 1.165) is 42.5 Å². The molecule has 0 spiro atoms. The van der Waals surface area contributed by atoms with Crippen molar-refractivity contribution in [3.8, 4) is 0 Å². The zero-order valence-corrected chi connectivity index (χ0v) is 12.4. The monoisotopic (exact) mass is 286 g/mol. The van der Waals surface area contributed by atoms with Gasteiger partial charge in [0.15, 0.2) is 0 Å². The van der Waals surface area contributed by atoms with Gasteiger partial charge in [-0.05, 0) is 31.9 Å². The van der Waals surface area contributed by atoms with Gasteiger partial charge < -0.3 is 16.0 Å². The SMILES string of the molecule is CC(NC(=O)C1(N)CCCCC1)c1nc2ccccc2[nH]1. The molecule has 1 atom stereocenters. The number of amides is 1. The van der Waals surface area contributed by atoms with E-state index in [1.165, 1.54) is 6.42 Å². The second kappa shape index (κ2) is 5.48. The van der Waals surface area contributed by atoms with Gasteiger partial charge in [0.2, 0.25) is 5.91 Å². The summed E-state index contributed by atoms with van der Waals surface area (Å²) in [5, 5.41) is 3.01. The van der Waals surface area contributed by atoms with Crippen molar-refractivity contribution in [2.75, 3.05) is 0 Å². The summed E-state index contributed by atoms with van der Waals surface area (Å²) in [4.78, 5) is 20.2. The van der Waals surface area contributed by atoms with Crippen molar-refractivity contribution in [3.63, 3.8) is 0 Å². The summed E-state index contributed by atoms with van der Waals surface area (Å²) in [6, 6.07) is 7.67. The molecule has 1 saturated carbocycles. The van der Waals surface area contributed by atoms with E-state index in [2.05, 4.69) is 15.3 Å². The average Bonchev–Trinajstić information content (AvgIpc) is 2.92. The molecule has 0 saturated heterocycles. The Bertz CT molecular complexity index is 610. The van der Waals surface area contributed by atoms with E-state index in [0.29, 0.717) is 0 Å². The van der Waals surface area contributed by atoms with Crippen LogP contribution in [0.4, 0.5) is 0 Å². The summed E-state index contributed by atoms with van der Waals surface area (Å²) >= 11 is 0. The molecule has 1 amide bonds. The molecule has 1 fully saturated rings. The van der Waals surface area contributed by atoms with E-state index in [-0.39, 0.29) is 11.9 Å². The van der Waals surface area contributed by atoms with Crippen molar-refractivity contribution >= 4 is 16.9 Å². The molecule has 5 heteroatoms. The summed E-state index contributed by atoms with van der Waals surface area (Å²) < 4.78 is 0. The van der Waals surface area contributed by atoms with Gasteiger partial charge in [0.1, 0.15) is 5.82 Å². The average molecular weight is 286 g/mol. The van der Waals surface area contributed by atoms with Crippen LogP contribution >= 0.6 is 0 Å². The number of nitrogens with two attached hydrogens (primary N) is 1. The molecule has 21 heavy (non-hydrogen) atoms. The van der Waals surface area contributed by atoms with Crippen LogP contribution in [0.1, 0.15) is 50.9 Å². The zero-order chi connectivity index (χ0) is 14.9. The van der Waals surface area contributed by atoms with Crippen LogP contribution in [0.15, 0.2) is 24.3 Å². The standard InChI is InChI=1S/C16H22N4O/c1-11(14-19-12-7-3-4-8-13(12)20-14)18-15(21)16(17)9-5-2-6-10-16/h3-4,7-8,11H,2,5-6,9-10,17H2,1H3,(H,18,21)(H,19,20). The number of hydrogen-bond acceptors (Lipinski definition) is 3. The molecule has 1 aromatic heterocycles. The Balaban J connectivity index is 1.73. The molecule has 0 bridgehead atoms. The predicted octanol–water partition coefficient (Wildman–Crippen LogP) is 2.40. The van der Waals surface area contributed by atoms with Gasteiger partial charge >= 0.3 is 0 Å². The number of carbonyl (C=O) groups is 1. The molecule has 5 nitrogen and oxygen atoms in total. The maximum Gasteiger partial charge on any atom is 0.240 e. The molecule has 1 aromatic carbocycles. The van der Waals surface area contributed by atoms with Crippen LogP contribution in [0.25, 0.3) is 11.0 Å². The van der Waals surface area contributed by atoms with Gasteiger partial charge in [0, 0.05) is 0 Å². The quantitative estimate of drug-likeness (QED) is 0.810. The van der Waals surface area contributed by atoms with E-state index in [9.17, 15) is 4.79 Å². The Morgan fingerprint density at radius 3 is 2.76 bits per heavy atom. The van der Waals surface area contributed by atoms with E-state index in [4.69, 9.17) is 5.73 Å². The van der Waals surface area contributed by atoms with E-state index in [1.807, 2.05) is 31.2 Å². The van der Waals surface area contributed by atoms with Crippen molar-refractivity contribution in [1.29, 1.82) is 0 Å². The lowest BCUT2D eigenvalue weighted by Crippen LogP contribution is -2.55. The van der Waals surface area contributed by atoms with Crippen molar-refractivity contribution in [1.82, 2.24) is 15.3 Å². The van der Waals surface area contributed by atoms with E-state index >= 15 is 0 Å². The number of fused-ring (bicyclic) bond motifs is 1. The van der Waals surface area contributed by atoms with Gasteiger partial charge in [0.05, 0.1) is 22.6 Å². The molecule has 4 N–H and O–H groups in total. The lowest BCUT2D eigenvalue weighted by molar-refractivity contribution is -0.128. The molecule has 3 rings (SSSR count). The summed E-state index contributed by atoms with van der Waals surface area (Å²) in [6.45, 7) is 1.93. The van der Waals surface area contributed by atoms with Crippen LogP contribution in [0.2, 0.25) is 0 Å². The van der Waals surface area contributed by atoms with Crippen molar-refractivity contribution in [2.45, 2.75) is 50.6 Å². The lowest BCUT2D eigenvalue weighted by atomic mass is 9.82. The van der Waals surface area contributed by atoms with Crippen LogP contribution in [0, 0.1) is 0 Å². The molecule has 1 unspecified atom stereocenters. The number of hydrogen-bond donors (Lipinski definition) is 3. The van der Waals surface area contributed by atoms with Crippen molar-refractivity contribution in [3.05, 3.63) is 30.1 Å². The normalized spacial score (nSPS) is 19.3. The minimum Gasteiger partial charge on any atom is -0.345 e. The molecule has 0 aliphatic heterocycles. The maximum absolute atomic E-state index is 12.4. The van der Waals surface area contributed by atoms with Gasteiger partial charge in [-0.25, -0.2) is 4.98 Å². The first-order valence-electron chi connectivity index (χ1n) is 7.63. The van der Waals surface area contributed by atoms with Crippen molar-refractivity contribution < 1.29 is 4.79 Å². The van der Waals surface area contributed by atoms with Crippen LogP contribution in [0.5, 0.6) is 0 Å². The fraction of sp³-hybridized carbons (Fsp3) is 0.500. The van der Waals surface area contributed by atoms with Gasteiger partial charge in [-0.1, -0.05) is 31.4 Å². The van der Waals surface area contributed by atoms with Gasteiger partial charge in [-0.15, -0.1) is 0 Å². The first kappa shape index (κ1) is 14.1. The lowest BCUT2D eigenvalue weighted by Gasteiger charge is -2.32. The van der Waals surface area contributed by atoms with Gasteiger partial charge in [-0.2, -0.15) is 0 Å². The number of benzene rings is 1. The second-order valence-electron chi connectivity index (χ2n) is 6.05. The number of H-pyrrole nitrogens is 1. The third kappa shape index (κ3) is 2.78. The molecule has 2 aromatic rings. The van der Waals surface area contributed by atoms with Gasteiger partial charge in [-0.3, -0.25) is 4.79 Å². The molecule has 1 aliphatic rings. The Morgan fingerprint density at radius 1 is 1.33 bits per heavy atom. The minimum atomic E-state index is -0.710. The predicted molar refractivity (Wildman–Crippen MR) is 82.7 cm³/mol. The first-order chi connectivity index (χ1) is 10.1. The molecule has 1 heterocycles. The largest absolute Gasteiger partial charge is 0.345 e. The fourth-order valence-corrected chi connectivity index (χ4v) is 3.00. The first-order valence-corrected chi connectivity index (χ1v) is 7.63. The highest BCUT2D eigenvalue weighted by Crippen LogP contribution is 2.27. The number of carbonyl (C=O) groups excluding carboxylic acids is 1. The molecular weight excluding hydrogens is 264 g/mol. The highest BCUT2D eigenvalue weighted by Gasteiger charge is 2.36. The number of aromatic nitrogens is 2. The summed E-state index contributed by atoms with van der Waals surface area (Å²) in [6.07, 6.45) is 4.77. The number of nitrogens with zero attached hydrogens (tertiary/aromatic N) is 1. The molecule has 0 radical (unpaired) electrons. The third-order valence-corrected chi connectivity index (χ3v) is 4.36. The van der Waals surface area contributed by atoms with Crippen molar-refractivity contribution in [2.24, 2.45) is 5.73 Å². The second-order valence-corrected chi connectivity index (χ2v) is 6.05. The third-order valence-electron chi connectivity index (χ3n) is 4.36. The Kier molecular flexibility index (Phi) is 3.68. The van der Waals surface area contributed by atoms with E-state index < -0.39 is 5.54 Å². The number of para-hydroxylation sites is 2. The van der Waals surface area contributed by atoms with Crippen LogP contribution in [0.3, 0.4) is 0 Å². The Labute approximate surface area is 124 Å². The topological polar surface area (TPSA) is 83.8 Å². The van der Waals surface area contributed by atoms with Crippen LogP contribution < -0.4 is 11.1 Å². The summed E-state index contributed by atoms with van der Waals surface area (Å²) in [5.74, 6) is 0.708. The molecule has 1 aliphatic carbocycles. The van der Waals surface area contributed by atoms with Crippen LogP contribution in [-0.2, 0) is 4.79 Å². The smallest absolute Gasteiger partial charge is 0.240 e. The number of aromatic amines is 1. The Morgan fingerprint density at radius 2 is 2.05 bits per heavy atom. The summed E-state index contributed by atoms with van der Waals surface area (Å²) in [7, 11) is 0. The van der Waals surface area contributed by atoms with E-state index in [1.54, 1.807) is 0 Å². The molecular formula is C16H22N4O. The number of imidazole rings is 1. The maximum atomic E-state index is 12.4. The molecule has 112 valence electrons. The van der Waals surface area contributed by atoms with Gasteiger partial charge in [0.25, 0.3) is 0 Å². The fourth-order valence-electron chi connectivity index (χ4n) is 3.00. The summed E-state index contributed by atoms with van der Waals surface area (Å²) in [5.41, 5.74) is 7.44. The minimum absolute atomic E-state index is 0.0600. The highest BCUT2D eigenvalue weighted by molar-refractivity contribution is 5.86.